The van der Waals surface area contributed by atoms with Crippen LogP contribution in [0.2, 0.25) is 0 Å². The zero-order chi connectivity index (χ0) is 19.9. The maximum atomic E-state index is 11.7. The molecule has 1 aliphatic heterocycles. The van der Waals surface area contributed by atoms with Gasteiger partial charge in [-0.3, -0.25) is 4.79 Å². The molecule has 1 heterocycles. The Morgan fingerprint density at radius 1 is 1.39 bits per heavy atom. The van der Waals surface area contributed by atoms with Gasteiger partial charge in [0.2, 0.25) is 0 Å². The maximum absolute atomic E-state index is 11.7. The summed E-state index contributed by atoms with van der Waals surface area (Å²) in [5.74, 6) is 2.71. The molecule has 0 aliphatic carbocycles. The first-order valence-electron chi connectivity index (χ1n) is 9.40. The fourth-order valence-corrected chi connectivity index (χ4v) is 3.91. The Bertz CT molecular complexity index is 667. The van der Waals surface area contributed by atoms with E-state index in [-0.39, 0.29) is 41.2 Å². The number of hydrogen-bond donors (Lipinski definition) is 1. The molecule has 6 nitrogen and oxygen atoms in total. The molecular formula is C20H33IN4O2S. The molecular weight excluding hydrogens is 487 g/mol. The van der Waals surface area contributed by atoms with E-state index in [0.717, 1.165) is 36.9 Å². The van der Waals surface area contributed by atoms with Crippen LogP contribution in [0, 0.1) is 0 Å². The highest BCUT2D eigenvalue weighted by atomic mass is 127. The van der Waals surface area contributed by atoms with Gasteiger partial charge in [0.25, 0.3) is 5.91 Å². The number of aliphatic imine (C=N–C) groups is 1. The average molecular weight is 520 g/mol. The largest absolute Gasteiger partial charge is 0.484 e. The van der Waals surface area contributed by atoms with Crippen LogP contribution in [0.4, 0.5) is 0 Å². The molecule has 0 saturated carbocycles. The molecule has 0 atom stereocenters. The number of carbonyl (C=O) groups excluding carboxylic acids is 1. The summed E-state index contributed by atoms with van der Waals surface area (Å²) in [6.45, 7) is 10.1. The van der Waals surface area contributed by atoms with Gasteiger partial charge in [0.1, 0.15) is 5.75 Å². The van der Waals surface area contributed by atoms with Gasteiger partial charge in [-0.25, -0.2) is 4.99 Å². The molecule has 1 aromatic rings. The number of carbonyl (C=O) groups is 1. The second kappa shape index (κ2) is 11.7. The molecule has 2 rings (SSSR count). The monoisotopic (exact) mass is 520 g/mol. The molecule has 1 amide bonds. The number of nitrogens with one attached hydrogen (secondary N) is 1. The quantitative estimate of drug-likeness (QED) is 0.355. The van der Waals surface area contributed by atoms with E-state index in [1.54, 1.807) is 14.1 Å². The van der Waals surface area contributed by atoms with Gasteiger partial charge in [0.05, 0.1) is 6.54 Å². The highest BCUT2D eigenvalue weighted by molar-refractivity contribution is 14.0. The zero-order valence-corrected chi connectivity index (χ0v) is 20.7. The van der Waals surface area contributed by atoms with E-state index < -0.39 is 0 Å². The second-order valence-corrected chi connectivity index (χ2v) is 9.23. The van der Waals surface area contributed by atoms with Crippen LogP contribution in [0.15, 0.2) is 29.3 Å². The van der Waals surface area contributed by atoms with Crippen molar-refractivity contribution in [1.29, 1.82) is 0 Å². The van der Waals surface area contributed by atoms with Gasteiger partial charge < -0.3 is 19.9 Å². The lowest BCUT2D eigenvalue weighted by atomic mass is 10.2. The number of benzene rings is 1. The molecule has 1 fully saturated rings. The van der Waals surface area contributed by atoms with Crippen molar-refractivity contribution in [2.24, 2.45) is 4.99 Å². The third-order valence-electron chi connectivity index (χ3n) is 4.23. The van der Waals surface area contributed by atoms with Crippen LogP contribution in [0.5, 0.6) is 5.75 Å². The molecule has 0 bridgehead atoms. The van der Waals surface area contributed by atoms with Gasteiger partial charge >= 0.3 is 0 Å². The minimum absolute atomic E-state index is 0. The summed E-state index contributed by atoms with van der Waals surface area (Å²) in [6, 6.07) is 7.79. The molecule has 1 N–H and O–H groups in total. The SMILES string of the molecule is CCNC(=NCc1cccc(OCC(=O)N(C)C)c1)N1CCSC(C)(C)C1.I. The van der Waals surface area contributed by atoms with Crippen LogP contribution >= 0.6 is 35.7 Å². The fraction of sp³-hybridized carbons (Fsp3) is 0.600. The maximum Gasteiger partial charge on any atom is 0.259 e. The Hall–Kier alpha value is -1.16. The van der Waals surface area contributed by atoms with Crippen LogP contribution in [-0.2, 0) is 11.3 Å². The lowest BCUT2D eigenvalue weighted by molar-refractivity contribution is -0.130. The summed E-state index contributed by atoms with van der Waals surface area (Å²) in [4.78, 5) is 20.4. The van der Waals surface area contributed by atoms with Crippen molar-refractivity contribution in [2.45, 2.75) is 32.1 Å². The molecule has 8 heteroatoms. The Morgan fingerprint density at radius 2 is 2.14 bits per heavy atom. The number of amides is 1. The second-order valence-electron chi connectivity index (χ2n) is 7.42. The van der Waals surface area contributed by atoms with Crippen LogP contribution in [0.25, 0.3) is 0 Å². The van der Waals surface area contributed by atoms with Gasteiger partial charge in [0.15, 0.2) is 12.6 Å². The summed E-state index contributed by atoms with van der Waals surface area (Å²) in [5.41, 5.74) is 1.06. The highest BCUT2D eigenvalue weighted by Crippen LogP contribution is 2.29. The Labute approximate surface area is 190 Å². The number of nitrogens with zero attached hydrogens (tertiary/aromatic N) is 3. The molecule has 0 aromatic heterocycles. The van der Waals surface area contributed by atoms with Gasteiger partial charge in [-0.05, 0) is 38.5 Å². The predicted octanol–water partition coefficient (Wildman–Crippen LogP) is 3.06. The topological polar surface area (TPSA) is 57.2 Å². The average Bonchev–Trinajstić information content (AvgIpc) is 2.62. The lowest BCUT2D eigenvalue weighted by Crippen LogP contribution is -2.50. The molecule has 1 aromatic carbocycles. The standard InChI is InChI=1S/C20H32N4O2S.HI/c1-6-21-19(24-10-11-27-20(2,3)15-24)22-13-16-8-7-9-17(12-16)26-14-18(25)23(4)5;/h7-9,12H,6,10-11,13-15H2,1-5H3,(H,21,22);1H. The number of hydrogen-bond acceptors (Lipinski definition) is 4. The Balaban J connectivity index is 0.00000392. The highest BCUT2D eigenvalue weighted by Gasteiger charge is 2.28. The number of likely N-dealkylation sites (N-methyl/N-ethyl adjacent to an activating group) is 1. The minimum atomic E-state index is -0.0570. The summed E-state index contributed by atoms with van der Waals surface area (Å²) in [5, 5.41) is 3.41. The third kappa shape index (κ3) is 8.06. The number of halogens is 1. The number of thioether (sulfide) groups is 1. The van der Waals surface area contributed by atoms with Gasteiger partial charge in [-0.15, -0.1) is 24.0 Å². The summed E-state index contributed by atoms with van der Waals surface area (Å²) < 4.78 is 5.84. The molecule has 1 saturated heterocycles. The molecule has 28 heavy (non-hydrogen) atoms. The Kier molecular flexibility index (Phi) is 10.4. The van der Waals surface area contributed by atoms with E-state index in [9.17, 15) is 4.79 Å². The first kappa shape index (κ1) is 24.9. The van der Waals surface area contributed by atoms with Gasteiger partial charge in [-0.1, -0.05) is 12.1 Å². The molecule has 0 radical (unpaired) electrons. The van der Waals surface area contributed by atoms with E-state index in [4.69, 9.17) is 9.73 Å². The first-order chi connectivity index (χ1) is 12.8. The van der Waals surface area contributed by atoms with Crippen molar-refractivity contribution in [3.63, 3.8) is 0 Å². The molecule has 0 unspecified atom stereocenters. The van der Waals surface area contributed by atoms with Crippen molar-refractivity contribution in [3.05, 3.63) is 29.8 Å². The van der Waals surface area contributed by atoms with Crippen molar-refractivity contribution >= 4 is 47.6 Å². The predicted molar refractivity (Wildman–Crippen MR) is 129 cm³/mol. The van der Waals surface area contributed by atoms with Crippen LogP contribution in [0.1, 0.15) is 26.3 Å². The van der Waals surface area contributed by atoms with E-state index in [2.05, 4.69) is 31.0 Å². The van der Waals surface area contributed by atoms with Crippen molar-refractivity contribution in [2.75, 3.05) is 46.1 Å². The first-order valence-corrected chi connectivity index (χ1v) is 10.4. The fourth-order valence-electron chi connectivity index (χ4n) is 2.80. The summed E-state index contributed by atoms with van der Waals surface area (Å²) >= 11 is 2.01. The van der Waals surface area contributed by atoms with Crippen LogP contribution in [-0.4, -0.2) is 72.5 Å². The lowest BCUT2D eigenvalue weighted by Gasteiger charge is -2.39. The summed E-state index contributed by atoms with van der Waals surface area (Å²) in [6.07, 6.45) is 0. The van der Waals surface area contributed by atoms with Crippen molar-refractivity contribution in [1.82, 2.24) is 15.1 Å². The zero-order valence-electron chi connectivity index (χ0n) is 17.5. The molecule has 1 aliphatic rings. The molecule has 0 spiro atoms. The Morgan fingerprint density at radius 3 is 2.79 bits per heavy atom. The van der Waals surface area contributed by atoms with E-state index >= 15 is 0 Å². The van der Waals surface area contributed by atoms with Crippen molar-refractivity contribution < 1.29 is 9.53 Å². The minimum Gasteiger partial charge on any atom is -0.484 e. The molecule has 158 valence electrons. The normalized spacial score (nSPS) is 16.2. The number of rotatable bonds is 6. The number of guanidine groups is 1. The van der Waals surface area contributed by atoms with Gasteiger partial charge in [-0.2, -0.15) is 11.8 Å². The van der Waals surface area contributed by atoms with E-state index in [1.807, 2.05) is 36.0 Å². The smallest absolute Gasteiger partial charge is 0.259 e. The third-order valence-corrected chi connectivity index (χ3v) is 5.53. The van der Waals surface area contributed by atoms with Crippen LogP contribution < -0.4 is 10.1 Å². The van der Waals surface area contributed by atoms with Crippen molar-refractivity contribution in [3.8, 4) is 5.75 Å². The number of ether oxygens (including phenoxy) is 1. The summed E-state index contributed by atoms with van der Waals surface area (Å²) in [7, 11) is 3.44. The van der Waals surface area contributed by atoms with E-state index in [1.165, 1.54) is 4.90 Å². The van der Waals surface area contributed by atoms with E-state index in [0.29, 0.717) is 12.3 Å². The van der Waals surface area contributed by atoms with Crippen LogP contribution in [0.3, 0.4) is 0 Å². The van der Waals surface area contributed by atoms with Gasteiger partial charge in [0, 0.05) is 44.2 Å².